The third kappa shape index (κ3) is 5.59. The Kier molecular flexibility index (Phi) is 6.91. The van der Waals surface area contributed by atoms with Crippen LogP contribution in [0.4, 0.5) is 11.4 Å². The van der Waals surface area contributed by atoms with Crippen LogP contribution < -0.4 is 10.6 Å². The number of para-hydroxylation sites is 1. The van der Waals surface area contributed by atoms with E-state index in [2.05, 4.69) is 37.5 Å². The molecule has 0 aliphatic carbocycles. The standard InChI is InChI=1S/C24H31N3O2/c1-17(2)21-6-4-5-7-22(21)25-16-23(28)26-20-10-8-19(9-11-20)24(29)27-14-12-18(3)13-15-27/h4-11,17-18,25H,12-16H2,1-3H3,(H,26,28). The quantitative estimate of drug-likeness (QED) is 0.746. The minimum absolute atomic E-state index is 0.0711. The Morgan fingerprint density at radius 3 is 2.34 bits per heavy atom. The summed E-state index contributed by atoms with van der Waals surface area (Å²) in [4.78, 5) is 26.9. The molecule has 0 unspecified atom stereocenters. The van der Waals surface area contributed by atoms with E-state index in [-0.39, 0.29) is 18.4 Å². The van der Waals surface area contributed by atoms with E-state index in [1.165, 1.54) is 5.56 Å². The molecule has 0 radical (unpaired) electrons. The van der Waals surface area contributed by atoms with E-state index >= 15 is 0 Å². The number of likely N-dealkylation sites (tertiary alicyclic amines) is 1. The Bertz CT molecular complexity index is 837. The molecule has 1 fully saturated rings. The van der Waals surface area contributed by atoms with Crippen molar-refractivity contribution < 1.29 is 9.59 Å². The van der Waals surface area contributed by atoms with Crippen LogP contribution in [0.3, 0.4) is 0 Å². The smallest absolute Gasteiger partial charge is 0.253 e. The minimum atomic E-state index is -0.118. The van der Waals surface area contributed by atoms with Gasteiger partial charge in [0.2, 0.25) is 5.91 Å². The first-order chi connectivity index (χ1) is 13.9. The Balaban J connectivity index is 1.53. The number of nitrogens with zero attached hydrogens (tertiary/aromatic N) is 1. The number of carbonyl (C=O) groups is 2. The molecule has 1 heterocycles. The Morgan fingerprint density at radius 2 is 1.69 bits per heavy atom. The molecule has 2 aromatic carbocycles. The van der Waals surface area contributed by atoms with Crippen LogP contribution in [-0.2, 0) is 4.79 Å². The van der Waals surface area contributed by atoms with E-state index in [1.807, 2.05) is 23.1 Å². The number of amides is 2. The lowest BCUT2D eigenvalue weighted by atomic mass is 9.98. The highest BCUT2D eigenvalue weighted by atomic mass is 16.2. The number of anilines is 2. The molecule has 1 aliphatic rings. The number of hydrogen-bond acceptors (Lipinski definition) is 3. The van der Waals surface area contributed by atoms with Gasteiger partial charge in [-0.2, -0.15) is 0 Å². The monoisotopic (exact) mass is 393 g/mol. The Morgan fingerprint density at radius 1 is 1.03 bits per heavy atom. The summed E-state index contributed by atoms with van der Waals surface area (Å²) in [6, 6.07) is 15.2. The van der Waals surface area contributed by atoms with Crippen molar-refractivity contribution in [3.05, 3.63) is 59.7 Å². The van der Waals surface area contributed by atoms with Gasteiger partial charge in [-0.05, 0) is 60.6 Å². The fourth-order valence-electron chi connectivity index (χ4n) is 3.63. The normalized spacial score (nSPS) is 14.7. The van der Waals surface area contributed by atoms with E-state index in [9.17, 15) is 9.59 Å². The van der Waals surface area contributed by atoms with Crippen molar-refractivity contribution in [2.75, 3.05) is 30.3 Å². The summed E-state index contributed by atoms with van der Waals surface area (Å²) >= 11 is 0. The summed E-state index contributed by atoms with van der Waals surface area (Å²) in [6.45, 7) is 8.33. The van der Waals surface area contributed by atoms with Crippen molar-refractivity contribution in [1.82, 2.24) is 4.90 Å². The number of piperidine rings is 1. The third-order valence-corrected chi connectivity index (χ3v) is 5.51. The van der Waals surface area contributed by atoms with Crippen LogP contribution in [0.15, 0.2) is 48.5 Å². The molecule has 5 heteroatoms. The molecule has 5 nitrogen and oxygen atoms in total. The van der Waals surface area contributed by atoms with Crippen LogP contribution in [-0.4, -0.2) is 36.3 Å². The lowest BCUT2D eigenvalue weighted by molar-refractivity contribution is -0.114. The molecule has 2 amide bonds. The second-order valence-corrected chi connectivity index (χ2v) is 8.20. The van der Waals surface area contributed by atoms with Gasteiger partial charge in [0.25, 0.3) is 5.91 Å². The number of carbonyl (C=O) groups excluding carboxylic acids is 2. The van der Waals surface area contributed by atoms with Gasteiger partial charge in [-0.1, -0.05) is 39.0 Å². The molecule has 0 bridgehead atoms. The fraction of sp³-hybridized carbons (Fsp3) is 0.417. The molecule has 1 aliphatic heterocycles. The van der Waals surface area contributed by atoms with Crippen molar-refractivity contribution in [2.45, 2.75) is 39.5 Å². The van der Waals surface area contributed by atoms with Gasteiger partial charge < -0.3 is 15.5 Å². The SMILES string of the molecule is CC1CCN(C(=O)c2ccc(NC(=O)CNc3ccccc3C(C)C)cc2)CC1. The number of rotatable bonds is 6. The van der Waals surface area contributed by atoms with Crippen molar-refractivity contribution in [3.63, 3.8) is 0 Å². The lowest BCUT2D eigenvalue weighted by Gasteiger charge is -2.30. The number of hydrogen-bond donors (Lipinski definition) is 2. The summed E-state index contributed by atoms with van der Waals surface area (Å²) in [7, 11) is 0. The summed E-state index contributed by atoms with van der Waals surface area (Å²) in [6.07, 6.45) is 2.12. The minimum Gasteiger partial charge on any atom is -0.376 e. The van der Waals surface area contributed by atoms with Gasteiger partial charge in [-0.25, -0.2) is 0 Å². The number of nitrogens with one attached hydrogen (secondary N) is 2. The van der Waals surface area contributed by atoms with E-state index in [0.717, 1.165) is 31.6 Å². The summed E-state index contributed by atoms with van der Waals surface area (Å²) in [5.41, 5.74) is 3.53. The zero-order chi connectivity index (χ0) is 20.8. The molecule has 1 saturated heterocycles. The summed E-state index contributed by atoms with van der Waals surface area (Å²) < 4.78 is 0. The molecule has 0 saturated carbocycles. The first-order valence-corrected chi connectivity index (χ1v) is 10.5. The van der Waals surface area contributed by atoms with Crippen molar-refractivity contribution in [2.24, 2.45) is 5.92 Å². The van der Waals surface area contributed by atoms with Crippen LogP contribution in [0, 0.1) is 5.92 Å². The molecule has 0 spiro atoms. The maximum Gasteiger partial charge on any atom is 0.253 e. The van der Waals surface area contributed by atoms with E-state index in [4.69, 9.17) is 0 Å². The average molecular weight is 394 g/mol. The van der Waals surface area contributed by atoms with Gasteiger partial charge in [-0.15, -0.1) is 0 Å². The van der Waals surface area contributed by atoms with Gasteiger partial charge in [0.05, 0.1) is 6.54 Å². The van der Waals surface area contributed by atoms with Crippen LogP contribution in [0.1, 0.15) is 55.5 Å². The molecule has 0 atom stereocenters. The lowest BCUT2D eigenvalue weighted by Crippen LogP contribution is -2.37. The Hall–Kier alpha value is -2.82. The van der Waals surface area contributed by atoms with E-state index < -0.39 is 0 Å². The van der Waals surface area contributed by atoms with Gasteiger partial charge in [0, 0.05) is 30.0 Å². The highest BCUT2D eigenvalue weighted by Crippen LogP contribution is 2.23. The molecule has 29 heavy (non-hydrogen) atoms. The topological polar surface area (TPSA) is 61.4 Å². The largest absolute Gasteiger partial charge is 0.376 e. The second kappa shape index (κ2) is 9.59. The molecular formula is C24H31N3O2. The highest BCUT2D eigenvalue weighted by molar-refractivity contribution is 5.96. The average Bonchev–Trinajstić information content (AvgIpc) is 2.73. The third-order valence-electron chi connectivity index (χ3n) is 5.51. The predicted molar refractivity (Wildman–Crippen MR) is 118 cm³/mol. The molecular weight excluding hydrogens is 362 g/mol. The van der Waals surface area contributed by atoms with Crippen LogP contribution in [0.5, 0.6) is 0 Å². The van der Waals surface area contributed by atoms with Gasteiger partial charge in [0.1, 0.15) is 0 Å². The molecule has 3 rings (SSSR count). The summed E-state index contributed by atoms with van der Waals surface area (Å²) in [5, 5.41) is 6.10. The maximum absolute atomic E-state index is 12.6. The molecule has 2 aromatic rings. The first kappa shape index (κ1) is 20.9. The first-order valence-electron chi connectivity index (χ1n) is 10.5. The van der Waals surface area contributed by atoms with E-state index in [0.29, 0.717) is 23.1 Å². The van der Waals surface area contributed by atoms with Crippen molar-refractivity contribution >= 4 is 23.2 Å². The molecule has 154 valence electrons. The summed E-state index contributed by atoms with van der Waals surface area (Å²) in [5.74, 6) is 1.03. The molecule has 0 aromatic heterocycles. The maximum atomic E-state index is 12.6. The second-order valence-electron chi connectivity index (χ2n) is 8.20. The number of benzene rings is 2. The van der Waals surface area contributed by atoms with Gasteiger partial charge in [-0.3, -0.25) is 9.59 Å². The Labute approximate surface area is 173 Å². The van der Waals surface area contributed by atoms with Crippen LogP contribution >= 0.6 is 0 Å². The predicted octanol–water partition coefficient (Wildman–Crippen LogP) is 4.73. The van der Waals surface area contributed by atoms with E-state index in [1.54, 1.807) is 24.3 Å². The fourth-order valence-corrected chi connectivity index (χ4v) is 3.63. The molecule has 2 N–H and O–H groups in total. The zero-order valence-corrected chi connectivity index (χ0v) is 17.6. The van der Waals surface area contributed by atoms with Gasteiger partial charge >= 0.3 is 0 Å². The van der Waals surface area contributed by atoms with Crippen molar-refractivity contribution in [1.29, 1.82) is 0 Å². The highest BCUT2D eigenvalue weighted by Gasteiger charge is 2.21. The van der Waals surface area contributed by atoms with Crippen molar-refractivity contribution in [3.8, 4) is 0 Å². The zero-order valence-electron chi connectivity index (χ0n) is 17.6. The van der Waals surface area contributed by atoms with Crippen LogP contribution in [0.25, 0.3) is 0 Å². The van der Waals surface area contributed by atoms with Crippen LogP contribution in [0.2, 0.25) is 0 Å². The van der Waals surface area contributed by atoms with Gasteiger partial charge in [0.15, 0.2) is 0 Å².